The average molecular weight is 280 g/mol. The Balaban J connectivity index is 2.06. The van der Waals surface area contributed by atoms with Gasteiger partial charge in [0.15, 0.2) is 5.13 Å². The zero-order valence-corrected chi connectivity index (χ0v) is 11.8. The quantitative estimate of drug-likeness (QED) is 0.824. The first kappa shape index (κ1) is 13.6. The van der Waals surface area contributed by atoms with Gasteiger partial charge in [-0.05, 0) is 32.0 Å². The van der Waals surface area contributed by atoms with Gasteiger partial charge < -0.3 is 14.8 Å². The molecule has 1 N–H and O–H groups in total. The van der Waals surface area contributed by atoms with Gasteiger partial charge >= 0.3 is 5.97 Å². The van der Waals surface area contributed by atoms with E-state index in [9.17, 15) is 4.79 Å². The molecule has 0 bridgehead atoms. The average Bonchev–Trinajstić information content (AvgIpc) is 2.79. The van der Waals surface area contributed by atoms with Gasteiger partial charge in [-0.2, -0.15) is 0 Å². The second kappa shape index (κ2) is 6.38. The van der Waals surface area contributed by atoms with E-state index in [-0.39, 0.29) is 12.5 Å². The summed E-state index contributed by atoms with van der Waals surface area (Å²) in [6, 6.07) is 5.75. The lowest BCUT2D eigenvalue weighted by atomic mass is 10.3. The largest absolute Gasteiger partial charge is 0.494 e. The number of hydrogen-bond donors (Lipinski definition) is 1. The van der Waals surface area contributed by atoms with Gasteiger partial charge in [-0.1, -0.05) is 11.3 Å². The topological polar surface area (TPSA) is 60.5 Å². The van der Waals surface area contributed by atoms with Gasteiger partial charge in [0, 0.05) is 0 Å². The Bertz CT molecular complexity index is 568. The molecule has 0 saturated heterocycles. The van der Waals surface area contributed by atoms with Crippen molar-refractivity contribution in [3.63, 3.8) is 0 Å². The van der Waals surface area contributed by atoms with Gasteiger partial charge in [-0.25, -0.2) is 4.98 Å². The molecule has 6 heteroatoms. The monoisotopic (exact) mass is 280 g/mol. The van der Waals surface area contributed by atoms with Crippen LogP contribution in [0.2, 0.25) is 0 Å². The van der Waals surface area contributed by atoms with Crippen LogP contribution in [-0.2, 0) is 9.53 Å². The van der Waals surface area contributed by atoms with Gasteiger partial charge in [0.2, 0.25) is 0 Å². The number of esters is 1. The number of anilines is 1. The first-order valence-electron chi connectivity index (χ1n) is 6.15. The molecule has 19 heavy (non-hydrogen) atoms. The standard InChI is InChI=1S/C13H16N2O3S/c1-3-17-9-5-6-10-11(7-9)19-13(15-10)14-8-12(16)18-4-2/h5-7H,3-4,8H2,1-2H3,(H,14,15). The number of carbonyl (C=O) groups is 1. The van der Waals surface area contributed by atoms with Crippen LogP contribution < -0.4 is 10.1 Å². The molecule has 0 atom stereocenters. The molecule has 0 aliphatic rings. The van der Waals surface area contributed by atoms with Crippen molar-refractivity contribution in [3.05, 3.63) is 18.2 Å². The number of carbonyl (C=O) groups excluding carboxylic acids is 1. The molecule has 2 aromatic rings. The van der Waals surface area contributed by atoms with E-state index in [0.29, 0.717) is 18.3 Å². The molecule has 2 rings (SSSR count). The predicted octanol–water partition coefficient (Wildman–Crippen LogP) is 2.67. The van der Waals surface area contributed by atoms with Crippen molar-refractivity contribution in [2.45, 2.75) is 13.8 Å². The van der Waals surface area contributed by atoms with Crippen LogP contribution in [0.25, 0.3) is 10.2 Å². The highest BCUT2D eigenvalue weighted by Gasteiger charge is 2.07. The van der Waals surface area contributed by atoms with E-state index in [0.717, 1.165) is 16.0 Å². The van der Waals surface area contributed by atoms with Crippen molar-refractivity contribution in [2.75, 3.05) is 25.1 Å². The number of fused-ring (bicyclic) bond motifs is 1. The number of hydrogen-bond acceptors (Lipinski definition) is 6. The SMILES string of the molecule is CCOC(=O)CNc1nc2ccc(OCC)cc2s1. The minimum Gasteiger partial charge on any atom is -0.494 e. The number of rotatable bonds is 6. The Morgan fingerprint density at radius 2 is 2.21 bits per heavy atom. The Morgan fingerprint density at radius 3 is 2.95 bits per heavy atom. The molecular formula is C13H16N2O3S. The third-order valence-corrected chi connectivity index (χ3v) is 3.34. The van der Waals surface area contributed by atoms with Gasteiger partial charge in [-0.15, -0.1) is 0 Å². The van der Waals surface area contributed by atoms with E-state index >= 15 is 0 Å². The number of benzene rings is 1. The summed E-state index contributed by atoms with van der Waals surface area (Å²) in [5, 5.41) is 3.67. The van der Waals surface area contributed by atoms with Crippen LogP contribution in [0, 0.1) is 0 Å². The normalized spacial score (nSPS) is 10.4. The number of nitrogens with one attached hydrogen (secondary N) is 1. The maximum absolute atomic E-state index is 11.2. The maximum atomic E-state index is 11.2. The van der Waals surface area contributed by atoms with E-state index in [1.165, 1.54) is 11.3 Å². The summed E-state index contributed by atoms with van der Waals surface area (Å²) in [7, 11) is 0. The minimum atomic E-state index is -0.281. The van der Waals surface area contributed by atoms with Crippen molar-refractivity contribution in [2.24, 2.45) is 0 Å². The summed E-state index contributed by atoms with van der Waals surface area (Å²) < 4.78 is 11.3. The molecule has 102 valence electrons. The smallest absolute Gasteiger partial charge is 0.325 e. The molecule has 5 nitrogen and oxygen atoms in total. The molecule has 0 aliphatic carbocycles. The van der Waals surface area contributed by atoms with Crippen LogP contribution in [0.1, 0.15) is 13.8 Å². The highest BCUT2D eigenvalue weighted by atomic mass is 32.1. The summed E-state index contributed by atoms with van der Waals surface area (Å²) in [4.78, 5) is 15.6. The van der Waals surface area contributed by atoms with Gasteiger partial charge in [-0.3, -0.25) is 4.79 Å². The van der Waals surface area contributed by atoms with Crippen LogP contribution in [-0.4, -0.2) is 30.7 Å². The fraction of sp³-hybridized carbons (Fsp3) is 0.385. The summed E-state index contributed by atoms with van der Waals surface area (Å²) >= 11 is 1.49. The molecule has 1 heterocycles. The van der Waals surface area contributed by atoms with Gasteiger partial charge in [0.05, 0.1) is 23.4 Å². The zero-order valence-electron chi connectivity index (χ0n) is 10.9. The lowest BCUT2D eigenvalue weighted by Crippen LogP contribution is -2.16. The lowest BCUT2D eigenvalue weighted by molar-refractivity contribution is -0.140. The molecule has 1 aromatic heterocycles. The molecule has 0 fully saturated rings. The minimum absolute atomic E-state index is 0.131. The summed E-state index contributed by atoms with van der Waals surface area (Å²) in [5.41, 5.74) is 0.889. The molecular weight excluding hydrogens is 264 g/mol. The maximum Gasteiger partial charge on any atom is 0.325 e. The van der Waals surface area contributed by atoms with Crippen molar-refractivity contribution < 1.29 is 14.3 Å². The Morgan fingerprint density at radius 1 is 1.37 bits per heavy atom. The van der Waals surface area contributed by atoms with E-state index < -0.39 is 0 Å². The van der Waals surface area contributed by atoms with Crippen LogP contribution >= 0.6 is 11.3 Å². The second-order valence-corrected chi connectivity index (χ2v) is 4.77. The highest BCUT2D eigenvalue weighted by Crippen LogP contribution is 2.29. The Hall–Kier alpha value is -1.82. The predicted molar refractivity (Wildman–Crippen MR) is 75.9 cm³/mol. The van der Waals surface area contributed by atoms with Crippen LogP contribution in [0.3, 0.4) is 0 Å². The van der Waals surface area contributed by atoms with Crippen molar-refractivity contribution in [1.82, 2.24) is 4.98 Å². The first-order chi connectivity index (χ1) is 9.22. The number of ether oxygens (including phenoxy) is 2. The Labute approximate surface area is 115 Å². The van der Waals surface area contributed by atoms with E-state index in [4.69, 9.17) is 9.47 Å². The van der Waals surface area contributed by atoms with Crippen LogP contribution in [0.4, 0.5) is 5.13 Å². The molecule has 0 aliphatic heterocycles. The van der Waals surface area contributed by atoms with Crippen molar-refractivity contribution >= 4 is 32.7 Å². The molecule has 0 spiro atoms. The molecule has 0 radical (unpaired) electrons. The summed E-state index contributed by atoms with van der Waals surface area (Å²) in [6.07, 6.45) is 0. The zero-order chi connectivity index (χ0) is 13.7. The number of thiazole rings is 1. The first-order valence-corrected chi connectivity index (χ1v) is 6.97. The van der Waals surface area contributed by atoms with Gasteiger partial charge in [0.1, 0.15) is 12.3 Å². The molecule has 0 unspecified atom stereocenters. The third kappa shape index (κ3) is 3.57. The fourth-order valence-electron chi connectivity index (χ4n) is 1.60. The molecule has 1 aromatic carbocycles. The van der Waals surface area contributed by atoms with Crippen LogP contribution in [0.5, 0.6) is 5.75 Å². The fourth-order valence-corrected chi connectivity index (χ4v) is 2.49. The van der Waals surface area contributed by atoms with E-state index in [2.05, 4.69) is 10.3 Å². The lowest BCUT2D eigenvalue weighted by Gasteiger charge is -2.01. The van der Waals surface area contributed by atoms with Crippen molar-refractivity contribution in [1.29, 1.82) is 0 Å². The van der Waals surface area contributed by atoms with Gasteiger partial charge in [0.25, 0.3) is 0 Å². The Kier molecular flexibility index (Phi) is 4.57. The number of aromatic nitrogens is 1. The van der Waals surface area contributed by atoms with E-state index in [1.54, 1.807) is 6.92 Å². The summed E-state index contributed by atoms with van der Waals surface area (Å²) in [6.45, 7) is 4.89. The molecule has 0 amide bonds. The summed E-state index contributed by atoms with van der Waals surface area (Å²) in [5.74, 6) is 0.548. The number of nitrogens with zero attached hydrogens (tertiary/aromatic N) is 1. The van der Waals surface area contributed by atoms with Crippen molar-refractivity contribution in [3.8, 4) is 5.75 Å². The van der Waals surface area contributed by atoms with Crippen LogP contribution in [0.15, 0.2) is 18.2 Å². The van der Waals surface area contributed by atoms with E-state index in [1.807, 2.05) is 25.1 Å². The molecule has 0 saturated carbocycles. The highest BCUT2D eigenvalue weighted by molar-refractivity contribution is 7.22. The second-order valence-electron chi connectivity index (χ2n) is 3.74. The third-order valence-electron chi connectivity index (χ3n) is 2.36.